The lowest BCUT2D eigenvalue weighted by Crippen LogP contribution is -2.42. The van der Waals surface area contributed by atoms with Crippen LogP contribution in [0.3, 0.4) is 0 Å². The molecule has 0 aromatic carbocycles. The SMILES string of the molecule is CCOCC(O)CNC1CCOC(C)C1. The highest BCUT2D eigenvalue weighted by atomic mass is 16.5. The van der Waals surface area contributed by atoms with Gasteiger partial charge in [0.1, 0.15) is 0 Å². The summed E-state index contributed by atoms with van der Waals surface area (Å²) in [5.41, 5.74) is 0. The van der Waals surface area contributed by atoms with Crippen LogP contribution in [0.25, 0.3) is 0 Å². The Balaban J connectivity index is 2.07. The van der Waals surface area contributed by atoms with Crippen LogP contribution < -0.4 is 5.32 Å². The molecule has 1 fully saturated rings. The third-order valence-electron chi connectivity index (χ3n) is 2.64. The minimum Gasteiger partial charge on any atom is -0.389 e. The maximum Gasteiger partial charge on any atom is 0.0897 e. The second-order valence-corrected chi connectivity index (χ2v) is 4.12. The molecule has 0 aromatic heterocycles. The van der Waals surface area contributed by atoms with Crippen LogP contribution in [-0.2, 0) is 9.47 Å². The molecule has 1 heterocycles. The molecule has 4 nitrogen and oxygen atoms in total. The zero-order valence-electron chi connectivity index (χ0n) is 9.74. The summed E-state index contributed by atoms with van der Waals surface area (Å²) in [6.45, 7) is 6.52. The lowest BCUT2D eigenvalue weighted by Gasteiger charge is -2.28. The summed E-state index contributed by atoms with van der Waals surface area (Å²) in [6.07, 6.45) is 2.00. The number of hydrogen-bond donors (Lipinski definition) is 2. The largest absolute Gasteiger partial charge is 0.389 e. The van der Waals surface area contributed by atoms with E-state index in [1.54, 1.807) is 0 Å². The standard InChI is InChI=1S/C11H23NO3/c1-3-14-8-11(13)7-12-10-4-5-15-9(2)6-10/h9-13H,3-8H2,1-2H3. The number of aliphatic hydroxyl groups is 1. The fraction of sp³-hybridized carbons (Fsp3) is 1.00. The van der Waals surface area contributed by atoms with Gasteiger partial charge in [0.25, 0.3) is 0 Å². The number of nitrogens with one attached hydrogen (secondary N) is 1. The molecule has 0 aliphatic carbocycles. The Hall–Kier alpha value is -0.160. The maximum absolute atomic E-state index is 9.56. The topological polar surface area (TPSA) is 50.7 Å². The van der Waals surface area contributed by atoms with Crippen molar-refractivity contribution in [1.82, 2.24) is 5.32 Å². The van der Waals surface area contributed by atoms with Crippen LogP contribution >= 0.6 is 0 Å². The molecule has 0 spiro atoms. The second-order valence-electron chi connectivity index (χ2n) is 4.12. The average Bonchev–Trinajstić information content (AvgIpc) is 2.23. The molecule has 15 heavy (non-hydrogen) atoms. The zero-order chi connectivity index (χ0) is 11.1. The Kier molecular flexibility index (Phi) is 6.17. The maximum atomic E-state index is 9.56. The van der Waals surface area contributed by atoms with E-state index in [1.165, 1.54) is 0 Å². The Labute approximate surface area is 92.0 Å². The van der Waals surface area contributed by atoms with Gasteiger partial charge in [0.2, 0.25) is 0 Å². The van der Waals surface area contributed by atoms with Gasteiger partial charge < -0.3 is 19.9 Å². The van der Waals surface area contributed by atoms with E-state index in [0.29, 0.717) is 31.9 Å². The van der Waals surface area contributed by atoms with Crippen LogP contribution in [0, 0.1) is 0 Å². The zero-order valence-corrected chi connectivity index (χ0v) is 9.74. The van der Waals surface area contributed by atoms with Gasteiger partial charge in [-0.1, -0.05) is 0 Å². The van der Waals surface area contributed by atoms with E-state index >= 15 is 0 Å². The lowest BCUT2D eigenvalue weighted by molar-refractivity contribution is 0.00555. The van der Waals surface area contributed by atoms with Crippen molar-refractivity contribution >= 4 is 0 Å². The van der Waals surface area contributed by atoms with Crippen LogP contribution in [0.15, 0.2) is 0 Å². The molecule has 3 unspecified atom stereocenters. The first-order valence-electron chi connectivity index (χ1n) is 5.83. The van der Waals surface area contributed by atoms with Crippen molar-refractivity contribution in [3.8, 4) is 0 Å². The summed E-state index contributed by atoms with van der Waals surface area (Å²) in [6, 6.07) is 0.477. The number of hydrogen-bond acceptors (Lipinski definition) is 4. The summed E-state index contributed by atoms with van der Waals surface area (Å²) in [5.74, 6) is 0. The smallest absolute Gasteiger partial charge is 0.0897 e. The summed E-state index contributed by atoms with van der Waals surface area (Å²) in [5, 5.41) is 12.9. The Bertz CT molecular complexity index is 166. The van der Waals surface area contributed by atoms with Crippen molar-refractivity contribution in [3.05, 3.63) is 0 Å². The molecular formula is C11H23NO3. The third-order valence-corrected chi connectivity index (χ3v) is 2.64. The van der Waals surface area contributed by atoms with Gasteiger partial charge in [0.05, 0.1) is 18.8 Å². The van der Waals surface area contributed by atoms with Crippen LogP contribution in [0.2, 0.25) is 0 Å². The van der Waals surface area contributed by atoms with Gasteiger partial charge in [-0.15, -0.1) is 0 Å². The first kappa shape index (κ1) is 12.9. The second kappa shape index (κ2) is 7.17. The molecule has 90 valence electrons. The first-order chi connectivity index (χ1) is 7.22. The molecule has 0 amide bonds. The van der Waals surface area contributed by atoms with E-state index < -0.39 is 6.10 Å². The summed E-state index contributed by atoms with van der Waals surface area (Å²) in [4.78, 5) is 0. The first-order valence-corrected chi connectivity index (χ1v) is 5.83. The van der Waals surface area contributed by atoms with Crippen molar-refractivity contribution in [2.24, 2.45) is 0 Å². The quantitative estimate of drug-likeness (QED) is 0.682. The lowest BCUT2D eigenvalue weighted by atomic mass is 10.0. The molecule has 3 atom stereocenters. The minimum atomic E-state index is -0.400. The number of rotatable bonds is 6. The van der Waals surface area contributed by atoms with Crippen LogP contribution in [0.4, 0.5) is 0 Å². The van der Waals surface area contributed by atoms with Crippen molar-refractivity contribution in [2.45, 2.75) is 44.9 Å². The summed E-state index contributed by atoms with van der Waals surface area (Å²) < 4.78 is 10.6. The monoisotopic (exact) mass is 217 g/mol. The third kappa shape index (κ3) is 5.47. The Morgan fingerprint density at radius 1 is 1.60 bits per heavy atom. The molecule has 1 rings (SSSR count). The van der Waals surface area contributed by atoms with Crippen molar-refractivity contribution in [1.29, 1.82) is 0 Å². The fourth-order valence-electron chi connectivity index (χ4n) is 1.80. The predicted octanol–water partition coefficient (Wildman–Crippen LogP) is 0.541. The van der Waals surface area contributed by atoms with Gasteiger partial charge in [-0.05, 0) is 26.7 Å². The van der Waals surface area contributed by atoms with Gasteiger partial charge in [0.15, 0.2) is 0 Å². The van der Waals surface area contributed by atoms with E-state index in [2.05, 4.69) is 12.2 Å². The highest BCUT2D eigenvalue weighted by Crippen LogP contribution is 2.12. The normalized spacial score (nSPS) is 29.0. The summed E-state index contributed by atoms with van der Waals surface area (Å²) >= 11 is 0. The molecule has 0 bridgehead atoms. The highest BCUT2D eigenvalue weighted by Gasteiger charge is 2.19. The minimum absolute atomic E-state index is 0.334. The van der Waals surface area contributed by atoms with Crippen LogP contribution in [0.1, 0.15) is 26.7 Å². The fourth-order valence-corrected chi connectivity index (χ4v) is 1.80. The molecule has 0 radical (unpaired) electrons. The number of aliphatic hydroxyl groups excluding tert-OH is 1. The Morgan fingerprint density at radius 2 is 2.40 bits per heavy atom. The average molecular weight is 217 g/mol. The predicted molar refractivity (Wildman–Crippen MR) is 58.9 cm³/mol. The van der Waals surface area contributed by atoms with E-state index in [-0.39, 0.29) is 0 Å². The van der Waals surface area contributed by atoms with E-state index in [4.69, 9.17) is 9.47 Å². The van der Waals surface area contributed by atoms with Crippen molar-refractivity contribution in [3.63, 3.8) is 0 Å². The number of ether oxygens (including phenoxy) is 2. The molecule has 1 aliphatic heterocycles. The van der Waals surface area contributed by atoms with Crippen molar-refractivity contribution in [2.75, 3.05) is 26.4 Å². The molecular weight excluding hydrogens is 194 g/mol. The van der Waals surface area contributed by atoms with Gasteiger partial charge in [0, 0.05) is 25.8 Å². The summed E-state index contributed by atoms with van der Waals surface area (Å²) in [7, 11) is 0. The van der Waals surface area contributed by atoms with E-state index in [0.717, 1.165) is 19.4 Å². The molecule has 0 aromatic rings. The van der Waals surface area contributed by atoms with Gasteiger partial charge >= 0.3 is 0 Å². The molecule has 1 aliphatic rings. The van der Waals surface area contributed by atoms with Gasteiger partial charge in [-0.25, -0.2) is 0 Å². The van der Waals surface area contributed by atoms with Gasteiger partial charge in [-0.2, -0.15) is 0 Å². The molecule has 1 saturated heterocycles. The molecule has 4 heteroatoms. The van der Waals surface area contributed by atoms with Crippen LogP contribution in [-0.4, -0.2) is 49.7 Å². The van der Waals surface area contributed by atoms with Crippen LogP contribution in [0.5, 0.6) is 0 Å². The molecule has 2 N–H and O–H groups in total. The highest BCUT2D eigenvalue weighted by molar-refractivity contribution is 4.75. The van der Waals surface area contributed by atoms with Gasteiger partial charge in [-0.3, -0.25) is 0 Å². The molecule has 0 saturated carbocycles. The Morgan fingerprint density at radius 3 is 3.07 bits per heavy atom. The van der Waals surface area contributed by atoms with Crippen molar-refractivity contribution < 1.29 is 14.6 Å². The van der Waals surface area contributed by atoms with E-state index in [9.17, 15) is 5.11 Å². The van der Waals surface area contributed by atoms with E-state index in [1.807, 2.05) is 6.92 Å².